The molecule has 21 heavy (non-hydrogen) atoms. The molecule has 4 unspecified atom stereocenters. The van der Waals surface area contributed by atoms with E-state index < -0.39 is 11.9 Å². The number of aliphatic carboxylic acids is 1. The number of carbonyl (C=O) groups excluding carboxylic acids is 1. The Morgan fingerprint density at radius 2 is 2.14 bits per heavy atom. The fourth-order valence-corrected chi connectivity index (χ4v) is 4.36. The summed E-state index contributed by atoms with van der Waals surface area (Å²) in [7, 11) is 0. The lowest BCUT2D eigenvalue weighted by molar-refractivity contribution is -0.144. The first-order chi connectivity index (χ1) is 10.1. The highest BCUT2D eigenvalue weighted by atomic mass is 32.2. The number of nitrogens with one attached hydrogen (secondary N) is 1. The highest BCUT2D eigenvalue weighted by molar-refractivity contribution is 7.98. The van der Waals surface area contributed by atoms with Crippen molar-refractivity contribution < 1.29 is 14.7 Å². The molecule has 3 rings (SSSR count). The van der Waals surface area contributed by atoms with Crippen molar-refractivity contribution in [2.75, 3.05) is 6.26 Å². The van der Waals surface area contributed by atoms with Crippen LogP contribution in [0.25, 0.3) is 0 Å². The van der Waals surface area contributed by atoms with Crippen LogP contribution in [0.4, 0.5) is 0 Å². The Balaban J connectivity index is 1.79. The number of fused-ring (bicyclic) bond motifs is 2. The molecule has 2 saturated carbocycles. The van der Waals surface area contributed by atoms with Crippen molar-refractivity contribution in [1.29, 1.82) is 0 Å². The highest BCUT2D eigenvalue weighted by Gasteiger charge is 2.51. The van der Waals surface area contributed by atoms with Crippen molar-refractivity contribution in [3.63, 3.8) is 0 Å². The van der Waals surface area contributed by atoms with Crippen molar-refractivity contribution in [3.05, 3.63) is 23.9 Å². The summed E-state index contributed by atoms with van der Waals surface area (Å²) in [6.07, 6.45) is 6.43. The number of hydrogen-bond donors (Lipinski definition) is 2. The van der Waals surface area contributed by atoms with E-state index in [0.717, 1.165) is 19.3 Å². The fourth-order valence-electron chi connectivity index (χ4n) is 3.81. The maximum atomic E-state index is 12.5. The summed E-state index contributed by atoms with van der Waals surface area (Å²) in [4.78, 5) is 28.1. The fraction of sp³-hybridized carbons (Fsp3) is 0.533. The average molecular weight is 306 g/mol. The summed E-state index contributed by atoms with van der Waals surface area (Å²) in [6, 6.07) is 3.21. The number of amides is 1. The summed E-state index contributed by atoms with van der Waals surface area (Å²) >= 11 is 1.42. The van der Waals surface area contributed by atoms with Crippen LogP contribution in [-0.2, 0) is 4.79 Å². The lowest BCUT2D eigenvalue weighted by Gasteiger charge is -2.29. The summed E-state index contributed by atoms with van der Waals surface area (Å²) < 4.78 is 0. The Hall–Kier alpha value is -1.56. The normalized spacial score (nSPS) is 30.3. The van der Waals surface area contributed by atoms with Crippen LogP contribution in [-0.4, -0.2) is 34.3 Å². The number of pyridine rings is 1. The average Bonchev–Trinajstić information content (AvgIpc) is 3.08. The molecule has 2 aliphatic carbocycles. The molecule has 2 bridgehead atoms. The molecule has 2 fully saturated rings. The molecule has 2 N–H and O–H groups in total. The smallest absolute Gasteiger partial charge is 0.308 e. The van der Waals surface area contributed by atoms with Crippen LogP contribution < -0.4 is 5.32 Å². The third-order valence-electron chi connectivity index (χ3n) is 4.71. The van der Waals surface area contributed by atoms with Gasteiger partial charge in [-0.2, -0.15) is 0 Å². The van der Waals surface area contributed by atoms with Crippen LogP contribution in [0.1, 0.15) is 29.6 Å². The van der Waals surface area contributed by atoms with Crippen molar-refractivity contribution in [2.45, 2.75) is 30.3 Å². The SMILES string of the molecule is CSc1ncccc1C(=O)NC1C2CCC(C2)C1C(=O)O. The van der Waals surface area contributed by atoms with E-state index in [2.05, 4.69) is 10.3 Å². The standard InChI is InChI=1S/C15H18N2O3S/c1-21-14-10(3-2-6-16-14)13(18)17-12-9-5-4-8(7-9)11(12)15(19)20/h2-3,6,8-9,11-12H,4-5,7H2,1H3,(H,17,18)(H,19,20). The molecule has 1 amide bonds. The van der Waals surface area contributed by atoms with Gasteiger partial charge in [-0.25, -0.2) is 4.98 Å². The van der Waals surface area contributed by atoms with Gasteiger partial charge in [0.25, 0.3) is 5.91 Å². The molecule has 0 saturated heterocycles. The Bertz CT molecular complexity index is 578. The van der Waals surface area contributed by atoms with E-state index in [0.29, 0.717) is 16.5 Å². The summed E-state index contributed by atoms with van der Waals surface area (Å²) in [6.45, 7) is 0. The predicted octanol–water partition coefficient (Wildman–Crippen LogP) is 2.03. The lowest BCUT2D eigenvalue weighted by Crippen LogP contribution is -2.46. The van der Waals surface area contributed by atoms with Crippen LogP contribution in [0.3, 0.4) is 0 Å². The van der Waals surface area contributed by atoms with E-state index in [4.69, 9.17) is 0 Å². The van der Waals surface area contributed by atoms with E-state index in [1.807, 2.05) is 6.26 Å². The Labute approximate surface area is 127 Å². The Kier molecular flexibility index (Phi) is 3.89. The van der Waals surface area contributed by atoms with Gasteiger partial charge in [-0.1, -0.05) is 0 Å². The van der Waals surface area contributed by atoms with E-state index in [9.17, 15) is 14.7 Å². The van der Waals surface area contributed by atoms with Gasteiger partial charge in [0, 0.05) is 12.2 Å². The largest absolute Gasteiger partial charge is 0.481 e. The summed E-state index contributed by atoms with van der Waals surface area (Å²) in [5, 5.41) is 13.1. The molecule has 1 aromatic heterocycles. The van der Waals surface area contributed by atoms with Crippen molar-refractivity contribution >= 4 is 23.6 Å². The van der Waals surface area contributed by atoms with Gasteiger partial charge in [0.1, 0.15) is 5.03 Å². The van der Waals surface area contributed by atoms with E-state index in [1.165, 1.54) is 11.8 Å². The molecular formula is C15H18N2O3S. The Morgan fingerprint density at radius 1 is 1.38 bits per heavy atom. The van der Waals surface area contributed by atoms with Gasteiger partial charge in [-0.3, -0.25) is 9.59 Å². The topological polar surface area (TPSA) is 79.3 Å². The van der Waals surface area contributed by atoms with Gasteiger partial charge < -0.3 is 10.4 Å². The van der Waals surface area contributed by atoms with E-state index in [1.54, 1.807) is 18.3 Å². The molecule has 0 spiro atoms. The first-order valence-electron chi connectivity index (χ1n) is 7.14. The minimum absolute atomic E-state index is 0.212. The molecule has 1 aromatic rings. The highest BCUT2D eigenvalue weighted by Crippen LogP contribution is 2.48. The van der Waals surface area contributed by atoms with Gasteiger partial charge in [0.05, 0.1) is 11.5 Å². The molecule has 2 aliphatic rings. The van der Waals surface area contributed by atoms with E-state index in [-0.39, 0.29) is 17.9 Å². The van der Waals surface area contributed by atoms with Crippen LogP contribution in [0, 0.1) is 17.8 Å². The number of aromatic nitrogens is 1. The second-order valence-electron chi connectivity index (χ2n) is 5.76. The minimum Gasteiger partial charge on any atom is -0.481 e. The second-order valence-corrected chi connectivity index (χ2v) is 6.55. The lowest BCUT2D eigenvalue weighted by atomic mass is 9.84. The number of rotatable bonds is 4. The van der Waals surface area contributed by atoms with Gasteiger partial charge in [-0.05, 0) is 49.5 Å². The van der Waals surface area contributed by atoms with Crippen molar-refractivity contribution in [3.8, 4) is 0 Å². The minimum atomic E-state index is -0.788. The zero-order chi connectivity index (χ0) is 15.0. The monoisotopic (exact) mass is 306 g/mol. The number of thioether (sulfide) groups is 1. The quantitative estimate of drug-likeness (QED) is 0.832. The van der Waals surface area contributed by atoms with Gasteiger partial charge in [0.15, 0.2) is 0 Å². The molecule has 112 valence electrons. The number of nitrogens with zero attached hydrogens (tertiary/aromatic N) is 1. The zero-order valence-corrected chi connectivity index (χ0v) is 12.6. The maximum Gasteiger partial charge on any atom is 0.308 e. The molecule has 1 heterocycles. The van der Waals surface area contributed by atoms with Crippen LogP contribution in [0.15, 0.2) is 23.4 Å². The zero-order valence-electron chi connectivity index (χ0n) is 11.8. The van der Waals surface area contributed by atoms with Crippen LogP contribution in [0.5, 0.6) is 0 Å². The summed E-state index contributed by atoms with van der Waals surface area (Å²) in [5.74, 6) is -0.928. The van der Waals surface area contributed by atoms with Gasteiger partial charge in [0.2, 0.25) is 0 Å². The molecule has 6 heteroatoms. The van der Waals surface area contributed by atoms with Crippen molar-refractivity contribution in [1.82, 2.24) is 10.3 Å². The first-order valence-corrected chi connectivity index (χ1v) is 8.37. The van der Waals surface area contributed by atoms with Gasteiger partial charge in [-0.15, -0.1) is 11.8 Å². The molecule has 0 radical (unpaired) electrons. The van der Waals surface area contributed by atoms with Crippen LogP contribution in [0.2, 0.25) is 0 Å². The first kappa shape index (κ1) is 14.4. The number of carbonyl (C=O) groups is 2. The van der Waals surface area contributed by atoms with Crippen LogP contribution >= 0.6 is 11.8 Å². The molecule has 4 atom stereocenters. The third-order valence-corrected chi connectivity index (χ3v) is 5.42. The summed E-state index contributed by atoms with van der Waals surface area (Å²) in [5.41, 5.74) is 0.525. The molecule has 0 aromatic carbocycles. The number of hydrogen-bond acceptors (Lipinski definition) is 4. The molecular weight excluding hydrogens is 288 g/mol. The predicted molar refractivity (Wildman–Crippen MR) is 79.2 cm³/mol. The van der Waals surface area contributed by atoms with Gasteiger partial charge >= 0.3 is 5.97 Å². The molecule has 0 aliphatic heterocycles. The number of carboxylic acids is 1. The maximum absolute atomic E-state index is 12.5. The second kappa shape index (κ2) is 5.67. The number of carboxylic acid groups (broad SMARTS) is 1. The van der Waals surface area contributed by atoms with Crippen molar-refractivity contribution in [2.24, 2.45) is 17.8 Å². The third kappa shape index (κ3) is 2.52. The van der Waals surface area contributed by atoms with E-state index >= 15 is 0 Å². The molecule has 5 nitrogen and oxygen atoms in total. The Morgan fingerprint density at radius 3 is 2.86 bits per heavy atom.